The van der Waals surface area contributed by atoms with E-state index in [1.807, 2.05) is 0 Å². The highest BCUT2D eigenvalue weighted by molar-refractivity contribution is 5.52. The summed E-state index contributed by atoms with van der Waals surface area (Å²) in [6.45, 7) is 2.92. The molecule has 1 aromatic carbocycles. The van der Waals surface area contributed by atoms with Gasteiger partial charge in [-0.05, 0) is 12.1 Å². The van der Waals surface area contributed by atoms with Gasteiger partial charge in [-0.1, -0.05) is 0 Å². The van der Waals surface area contributed by atoms with Gasteiger partial charge in [0.15, 0.2) is 0 Å². The van der Waals surface area contributed by atoms with Crippen molar-refractivity contribution in [2.24, 2.45) is 0 Å². The number of benzene rings is 1. The van der Waals surface area contributed by atoms with Crippen LogP contribution in [0.5, 0.6) is 5.75 Å². The van der Waals surface area contributed by atoms with Crippen LogP contribution in [0.3, 0.4) is 0 Å². The van der Waals surface area contributed by atoms with Crippen molar-refractivity contribution >= 4 is 5.69 Å². The van der Waals surface area contributed by atoms with E-state index in [1.165, 1.54) is 18.2 Å². The molecule has 0 fully saturated rings. The van der Waals surface area contributed by atoms with Crippen LogP contribution in [0.1, 0.15) is 0 Å². The molecule has 0 aliphatic rings. The second-order valence-electron chi connectivity index (χ2n) is 3.75. The highest BCUT2D eigenvalue weighted by Gasteiger charge is 2.01. The first kappa shape index (κ1) is 15.7. The van der Waals surface area contributed by atoms with Crippen LogP contribution in [0.25, 0.3) is 0 Å². The number of nitrogens with two attached hydrogens (primary N) is 1. The molecule has 0 aliphatic heterocycles. The average molecular weight is 273 g/mol. The fraction of sp³-hybridized carbons (Fsp3) is 0.538. The summed E-state index contributed by atoms with van der Waals surface area (Å²) in [4.78, 5) is 0. The standard InChI is InChI=1S/C13H20FNO4/c1-16-4-5-17-6-7-18-8-9-19-13-3-2-11(14)10-12(13)15/h2-3,10H,4-9,15H2,1H3. The molecule has 0 aliphatic carbocycles. The zero-order chi connectivity index (χ0) is 13.9. The number of rotatable bonds is 10. The first-order chi connectivity index (χ1) is 9.24. The maximum atomic E-state index is 12.8. The molecule has 0 saturated heterocycles. The van der Waals surface area contributed by atoms with Crippen molar-refractivity contribution in [3.63, 3.8) is 0 Å². The minimum atomic E-state index is -0.380. The minimum Gasteiger partial charge on any atom is -0.489 e. The van der Waals surface area contributed by atoms with Crippen molar-refractivity contribution < 1.29 is 23.3 Å². The van der Waals surface area contributed by atoms with Crippen LogP contribution in [0.15, 0.2) is 18.2 Å². The van der Waals surface area contributed by atoms with Crippen molar-refractivity contribution in [3.05, 3.63) is 24.0 Å². The third-order valence-electron chi connectivity index (χ3n) is 2.26. The van der Waals surface area contributed by atoms with Gasteiger partial charge in [0.25, 0.3) is 0 Å². The fourth-order valence-corrected chi connectivity index (χ4v) is 1.33. The lowest BCUT2D eigenvalue weighted by molar-refractivity contribution is 0.0180. The third-order valence-corrected chi connectivity index (χ3v) is 2.26. The molecule has 0 unspecified atom stereocenters. The molecule has 0 heterocycles. The Morgan fingerprint density at radius 1 is 1.00 bits per heavy atom. The van der Waals surface area contributed by atoms with Crippen molar-refractivity contribution in [1.82, 2.24) is 0 Å². The highest BCUT2D eigenvalue weighted by atomic mass is 19.1. The van der Waals surface area contributed by atoms with Gasteiger partial charge in [-0.15, -0.1) is 0 Å². The van der Waals surface area contributed by atoms with E-state index >= 15 is 0 Å². The van der Waals surface area contributed by atoms with E-state index in [0.717, 1.165) is 0 Å². The summed E-state index contributed by atoms with van der Waals surface area (Å²) >= 11 is 0. The van der Waals surface area contributed by atoms with E-state index in [2.05, 4.69) is 0 Å². The first-order valence-electron chi connectivity index (χ1n) is 6.06. The summed E-state index contributed by atoms with van der Waals surface area (Å²) < 4.78 is 33.5. The molecular formula is C13H20FNO4. The van der Waals surface area contributed by atoms with E-state index in [-0.39, 0.29) is 11.5 Å². The van der Waals surface area contributed by atoms with Gasteiger partial charge >= 0.3 is 0 Å². The third kappa shape index (κ3) is 6.95. The number of hydrogen-bond acceptors (Lipinski definition) is 5. The number of ether oxygens (including phenoxy) is 4. The quantitative estimate of drug-likeness (QED) is 0.516. The molecule has 0 spiro atoms. The summed E-state index contributed by atoms with van der Waals surface area (Å²) in [6.07, 6.45) is 0. The minimum absolute atomic E-state index is 0.280. The van der Waals surface area contributed by atoms with E-state index in [1.54, 1.807) is 7.11 Å². The zero-order valence-electron chi connectivity index (χ0n) is 11.1. The normalized spacial score (nSPS) is 10.6. The molecule has 0 amide bonds. The lowest BCUT2D eigenvalue weighted by Gasteiger charge is -2.09. The Morgan fingerprint density at radius 2 is 1.63 bits per heavy atom. The number of anilines is 1. The monoisotopic (exact) mass is 273 g/mol. The summed E-state index contributed by atoms with van der Waals surface area (Å²) in [5.74, 6) is 0.0793. The number of methoxy groups -OCH3 is 1. The highest BCUT2D eigenvalue weighted by Crippen LogP contribution is 2.21. The second-order valence-corrected chi connectivity index (χ2v) is 3.75. The van der Waals surface area contributed by atoms with Gasteiger partial charge in [0.05, 0.1) is 38.7 Å². The number of hydrogen-bond donors (Lipinski definition) is 1. The molecule has 0 aromatic heterocycles. The second kappa shape index (κ2) is 9.55. The van der Waals surface area contributed by atoms with Crippen molar-refractivity contribution in [1.29, 1.82) is 0 Å². The van der Waals surface area contributed by atoms with Gasteiger partial charge in [0.1, 0.15) is 18.2 Å². The Bertz CT molecular complexity index is 362. The van der Waals surface area contributed by atoms with Crippen LogP contribution in [-0.4, -0.2) is 46.8 Å². The Morgan fingerprint density at radius 3 is 2.26 bits per heavy atom. The predicted molar refractivity (Wildman–Crippen MR) is 69.8 cm³/mol. The molecule has 1 aromatic rings. The summed E-state index contributed by atoms with van der Waals surface area (Å²) in [6, 6.07) is 4.02. The molecule has 0 radical (unpaired) electrons. The number of nitrogen functional groups attached to an aromatic ring is 1. The lowest BCUT2D eigenvalue weighted by Crippen LogP contribution is -2.12. The van der Waals surface area contributed by atoms with Crippen LogP contribution < -0.4 is 10.5 Å². The van der Waals surface area contributed by atoms with E-state index < -0.39 is 0 Å². The van der Waals surface area contributed by atoms with E-state index in [4.69, 9.17) is 24.7 Å². The summed E-state index contributed by atoms with van der Waals surface area (Å²) in [7, 11) is 1.62. The van der Waals surface area contributed by atoms with Crippen LogP contribution >= 0.6 is 0 Å². The van der Waals surface area contributed by atoms with Gasteiger partial charge in [-0.25, -0.2) is 4.39 Å². The van der Waals surface area contributed by atoms with Crippen LogP contribution in [0.4, 0.5) is 10.1 Å². The SMILES string of the molecule is COCCOCCOCCOc1ccc(F)cc1N. The Labute approximate surface area is 112 Å². The first-order valence-corrected chi connectivity index (χ1v) is 6.06. The molecular weight excluding hydrogens is 253 g/mol. The Kier molecular flexibility index (Phi) is 7.88. The molecule has 108 valence electrons. The van der Waals surface area contributed by atoms with E-state index in [0.29, 0.717) is 45.4 Å². The average Bonchev–Trinajstić information content (AvgIpc) is 2.39. The molecule has 0 bridgehead atoms. The van der Waals surface area contributed by atoms with Gasteiger partial charge in [0, 0.05) is 13.2 Å². The van der Waals surface area contributed by atoms with Crippen LogP contribution in [-0.2, 0) is 14.2 Å². The lowest BCUT2D eigenvalue weighted by atomic mass is 10.3. The van der Waals surface area contributed by atoms with Gasteiger partial charge in [0.2, 0.25) is 0 Å². The van der Waals surface area contributed by atoms with Gasteiger partial charge in [-0.2, -0.15) is 0 Å². The maximum absolute atomic E-state index is 12.8. The fourth-order valence-electron chi connectivity index (χ4n) is 1.33. The van der Waals surface area contributed by atoms with Gasteiger partial charge in [-0.3, -0.25) is 0 Å². The molecule has 0 atom stereocenters. The van der Waals surface area contributed by atoms with Crippen molar-refractivity contribution in [2.75, 3.05) is 52.5 Å². The summed E-state index contributed by atoms with van der Waals surface area (Å²) in [5, 5.41) is 0. The maximum Gasteiger partial charge on any atom is 0.142 e. The molecule has 5 nitrogen and oxygen atoms in total. The largest absolute Gasteiger partial charge is 0.489 e. The van der Waals surface area contributed by atoms with Crippen LogP contribution in [0, 0.1) is 5.82 Å². The molecule has 6 heteroatoms. The number of halogens is 1. The molecule has 0 saturated carbocycles. The topological polar surface area (TPSA) is 62.9 Å². The van der Waals surface area contributed by atoms with Gasteiger partial charge < -0.3 is 24.7 Å². The summed E-state index contributed by atoms with van der Waals surface area (Å²) in [5.41, 5.74) is 5.87. The zero-order valence-corrected chi connectivity index (χ0v) is 11.1. The molecule has 2 N–H and O–H groups in total. The molecule has 1 rings (SSSR count). The smallest absolute Gasteiger partial charge is 0.142 e. The van der Waals surface area contributed by atoms with Crippen molar-refractivity contribution in [2.45, 2.75) is 0 Å². The van der Waals surface area contributed by atoms with E-state index in [9.17, 15) is 4.39 Å². The Hall–Kier alpha value is -1.37. The predicted octanol–water partition coefficient (Wildman–Crippen LogP) is 1.47. The molecule has 19 heavy (non-hydrogen) atoms. The van der Waals surface area contributed by atoms with Crippen molar-refractivity contribution in [3.8, 4) is 5.75 Å². The van der Waals surface area contributed by atoms with Crippen LogP contribution in [0.2, 0.25) is 0 Å². The Balaban J connectivity index is 2.01.